The molecule has 0 fully saturated rings. The van der Waals surface area contributed by atoms with Crippen molar-refractivity contribution < 1.29 is 4.42 Å². The minimum atomic E-state index is -0.0662. The molecule has 1 N–H and O–H groups in total. The third kappa shape index (κ3) is 1.78. The molecule has 0 bridgehead atoms. The fraction of sp³-hybridized carbons (Fsp3) is 0.111. The number of nitrogens with one attached hydrogen (secondary N) is 1. The first-order valence-corrected chi connectivity index (χ1v) is 10.1. The summed E-state index contributed by atoms with van der Waals surface area (Å²) in [7, 11) is 0. The van der Waals surface area contributed by atoms with Crippen LogP contribution in [0.25, 0.3) is 54.9 Å². The molecule has 1 aliphatic rings. The third-order valence-corrected chi connectivity index (χ3v) is 6.81. The van der Waals surface area contributed by atoms with Gasteiger partial charge in [-0.05, 0) is 41.0 Å². The van der Waals surface area contributed by atoms with Crippen molar-refractivity contribution in [3.63, 3.8) is 0 Å². The van der Waals surface area contributed by atoms with E-state index in [1.807, 2.05) is 6.07 Å². The van der Waals surface area contributed by atoms with Crippen molar-refractivity contribution >= 4 is 43.7 Å². The normalized spacial score (nSPS) is 14.8. The predicted molar refractivity (Wildman–Crippen MR) is 121 cm³/mol. The average Bonchev–Trinajstić information content (AvgIpc) is 3.35. The van der Waals surface area contributed by atoms with Crippen LogP contribution in [0, 0.1) is 0 Å². The molecule has 2 heteroatoms. The molecule has 0 aliphatic heterocycles. The summed E-state index contributed by atoms with van der Waals surface area (Å²) in [6.07, 6.45) is 0. The highest BCUT2D eigenvalue weighted by molar-refractivity contribution is 6.14. The lowest BCUT2D eigenvalue weighted by molar-refractivity contribution is 0.653. The lowest BCUT2D eigenvalue weighted by atomic mass is 9.82. The first kappa shape index (κ1) is 15.4. The highest BCUT2D eigenvalue weighted by Gasteiger charge is 2.38. The van der Waals surface area contributed by atoms with Gasteiger partial charge >= 0.3 is 0 Å². The van der Waals surface area contributed by atoms with Gasteiger partial charge in [0, 0.05) is 43.6 Å². The van der Waals surface area contributed by atoms with E-state index in [0.29, 0.717) is 0 Å². The minimum absolute atomic E-state index is 0.0662. The van der Waals surface area contributed by atoms with E-state index in [1.165, 1.54) is 54.8 Å². The van der Waals surface area contributed by atoms with E-state index in [9.17, 15) is 0 Å². The second kappa shape index (κ2) is 4.90. The van der Waals surface area contributed by atoms with E-state index in [-0.39, 0.29) is 5.41 Å². The van der Waals surface area contributed by atoms with Crippen LogP contribution in [-0.4, -0.2) is 4.98 Å². The second-order valence-corrected chi connectivity index (χ2v) is 8.70. The molecule has 6 aromatic rings. The maximum absolute atomic E-state index is 6.42. The maximum Gasteiger partial charge on any atom is 0.143 e. The number of furan rings is 1. The van der Waals surface area contributed by atoms with Crippen molar-refractivity contribution in [3.8, 4) is 11.1 Å². The fourth-order valence-corrected chi connectivity index (χ4v) is 5.34. The van der Waals surface area contributed by atoms with Crippen LogP contribution in [0.3, 0.4) is 0 Å². The smallest absolute Gasteiger partial charge is 0.143 e. The molecule has 0 spiro atoms. The molecular formula is C27H19NO. The van der Waals surface area contributed by atoms with Crippen molar-refractivity contribution in [1.29, 1.82) is 0 Å². The topological polar surface area (TPSA) is 28.9 Å². The van der Waals surface area contributed by atoms with Gasteiger partial charge in [0.05, 0.1) is 0 Å². The van der Waals surface area contributed by atoms with Crippen molar-refractivity contribution in [2.45, 2.75) is 19.3 Å². The summed E-state index contributed by atoms with van der Waals surface area (Å²) in [6, 6.07) is 26.1. The molecule has 2 aromatic heterocycles. The van der Waals surface area contributed by atoms with E-state index in [2.05, 4.69) is 85.6 Å². The number of rotatable bonds is 0. The summed E-state index contributed by atoms with van der Waals surface area (Å²) in [6.45, 7) is 4.64. The predicted octanol–water partition coefficient (Wildman–Crippen LogP) is 7.53. The highest BCUT2D eigenvalue weighted by atomic mass is 16.3. The lowest BCUT2D eigenvalue weighted by Gasteiger charge is -2.21. The molecule has 2 heterocycles. The van der Waals surface area contributed by atoms with E-state index in [1.54, 1.807) is 0 Å². The van der Waals surface area contributed by atoms with Crippen LogP contribution in [0.4, 0.5) is 0 Å². The summed E-state index contributed by atoms with van der Waals surface area (Å²) in [5.41, 5.74) is 9.54. The average molecular weight is 373 g/mol. The van der Waals surface area contributed by atoms with E-state index < -0.39 is 0 Å². The van der Waals surface area contributed by atoms with Gasteiger partial charge in [0.25, 0.3) is 0 Å². The van der Waals surface area contributed by atoms with Gasteiger partial charge in [0.2, 0.25) is 0 Å². The number of hydrogen-bond donors (Lipinski definition) is 1. The second-order valence-electron chi connectivity index (χ2n) is 8.70. The van der Waals surface area contributed by atoms with E-state index in [4.69, 9.17) is 4.42 Å². The molecule has 0 saturated carbocycles. The molecule has 0 unspecified atom stereocenters. The van der Waals surface area contributed by atoms with Crippen LogP contribution in [0.15, 0.2) is 77.2 Å². The van der Waals surface area contributed by atoms with Crippen molar-refractivity contribution in [2.75, 3.05) is 0 Å². The first-order chi connectivity index (χ1) is 14.1. The van der Waals surface area contributed by atoms with Gasteiger partial charge in [-0.1, -0.05) is 62.4 Å². The Balaban J connectivity index is 1.67. The minimum Gasteiger partial charge on any atom is -0.455 e. The Labute approximate surface area is 167 Å². The Hall–Kier alpha value is -3.52. The molecule has 7 rings (SSSR count). The van der Waals surface area contributed by atoms with E-state index in [0.717, 1.165) is 11.2 Å². The monoisotopic (exact) mass is 373 g/mol. The van der Waals surface area contributed by atoms with Crippen LogP contribution in [-0.2, 0) is 5.41 Å². The first-order valence-electron chi connectivity index (χ1n) is 10.1. The van der Waals surface area contributed by atoms with Crippen molar-refractivity contribution in [3.05, 3.63) is 83.9 Å². The zero-order valence-electron chi connectivity index (χ0n) is 16.3. The zero-order chi connectivity index (χ0) is 19.3. The van der Waals surface area contributed by atoms with Crippen molar-refractivity contribution in [2.24, 2.45) is 0 Å². The molecule has 4 aromatic carbocycles. The van der Waals surface area contributed by atoms with Gasteiger partial charge in [-0.15, -0.1) is 0 Å². The Kier molecular flexibility index (Phi) is 2.60. The Morgan fingerprint density at radius 2 is 1.48 bits per heavy atom. The fourth-order valence-electron chi connectivity index (χ4n) is 5.34. The SMILES string of the molecule is CC1(C)c2cc3[nH]c4ccccc4c3cc2-c2c1ccc1c2oc2ccccc21. The van der Waals surface area contributed by atoms with E-state index >= 15 is 0 Å². The number of benzene rings is 4. The maximum atomic E-state index is 6.42. The molecule has 0 radical (unpaired) electrons. The molecule has 29 heavy (non-hydrogen) atoms. The standard InChI is InChI=1S/C27H19NO/c1-27(2)20-12-11-17-16-8-4-6-10-24(16)29-26(17)25(20)19-13-18-15-7-3-5-9-22(15)28-23(18)14-21(19)27/h3-14,28H,1-2H3. The van der Waals surface area contributed by atoms with Crippen LogP contribution >= 0.6 is 0 Å². The Morgan fingerprint density at radius 3 is 2.38 bits per heavy atom. The van der Waals surface area contributed by atoms with Gasteiger partial charge in [-0.2, -0.15) is 0 Å². The van der Waals surface area contributed by atoms with Gasteiger partial charge in [0.15, 0.2) is 0 Å². The molecule has 138 valence electrons. The molecule has 0 atom stereocenters. The third-order valence-electron chi connectivity index (χ3n) is 6.81. The number of aromatic nitrogens is 1. The largest absolute Gasteiger partial charge is 0.455 e. The number of H-pyrrole nitrogens is 1. The molecular weight excluding hydrogens is 354 g/mol. The summed E-state index contributed by atoms with van der Waals surface area (Å²) in [4.78, 5) is 3.61. The lowest BCUT2D eigenvalue weighted by Crippen LogP contribution is -2.14. The Morgan fingerprint density at radius 1 is 0.690 bits per heavy atom. The highest BCUT2D eigenvalue weighted by Crippen LogP contribution is 2.53. The Bertz CT molecular complexity index is 1630. The van der Waals surface area contributed by atoms with Crippen LogP contribution in [0.5, 0.6) is 0 Å². The number of hydrogen-bond acceptors (Lipinski definition) is 1. The summed E-state index contributed by atoms with van der Waals surface area (Å²) in [5.74, 6) is 0. The molecule has 0 amide bonds. The van der Waals surface area contributed by atoms with Crippen LogP contribution < -0.4 is 0 Å². The van der Waals surface area contributed by atoms with Crippen LogP contribution in [0.2, 0.25) is 0 Å². The summed E-state index contributed by atoms with van der Waals surface area (Å²) >= 11 is 0. The van der Waals surface area contributed by atoms with Gasteiger partial charge < -0.3 is 9.40 Å². The quantitative estimate of drug-likeness (QED) is 0.293. The van der Waals surface area contributed by atoms with Crippen molar-refractivity contribution in [1.82, 2.24) is 4.98 Å². The zero-order valence-corrected chi connectivity index (χ0v) is 16.3. The number of aromatic amines is 1. The van der Waals surface area contributed by atoms with Gasteiger partial charge in [-0.25, -0.2) is 0 Å². The summed E-state index contributed by atoms with van der Waals surface area (Å²) < 4.78 is 6.42. The van der Waals surface area contributed by atoms with Gasteiger partial charge in [0.1, 0.15) is 11.2 Å². The summed E-state index contributed by atoms with van der Waals surface area (Å²) in [5, 5.41) is 4.93. The molecule has 1 aliphatic carbocycles. The van der Waals surface area contributed by atoms with Gasteiger partial charge in [-0.3, -0.25) is 0 Å². The number of para-hydroxylation sites is 2. The molecule has 2 nitrogen and oxygen atoms in total. The number of fused-ring (bicyclic) bond motifs is 10. The van der Waals surface area contributed by atoms with Crippen LogP contribution in [0.1, 0.15) is 25.0 Å². The molecule has 0 saturated heterocycles.